The van der Waals surface area contributed by atoms with Crippen LogP contribution in [0.2, 0.25) is 5.02 Å². The first-order valence-electron chi connectivity index (χ1n) is 4.07. The van der Waals surface area contributed by atoms with Gasteiger partial charge in [0.2, 0.25) is 5.91 Å². The van der Waals surface area contributed by atoms with E-state index in [1.807, 2.05) is 0 Å². The SMILES string of the molecule is Cl.NCCOc1ccc(C(N)=O)cc1Cl. The number of hydrogen-bond donors (Lipinski definition) is 2. The van der Waals surface area contributed by atoms with Gasteiger partial charge in [0.1, 0.15) is 12.4 Å². The molecule has 1 aromatic rings. The molecule has 0 bridgehead atoms. The van der Waals surface area contributed by atoms with Gasteiger partial charge in [0.25, 0.3) is 0 Å². The minimum atomic E-state index is -0.516. The third kappa shape index (κ3) is 3.95. The molecule has 84 valence electrons. The van der Waals surface area contributed by atoms with Gasteiger partial charge in [-0.1, -0.05) is 11.6 Å². The second kappa shape index (κ2) is 6.50. The summed E-state index contributed by atoms with van der Waals surface area (Å²) in [6.45, 7) is 0.795. The van der Waals surface area contributed by atoms with Gasteiger partial charge in [-0.3, -0.25) is 4.79 Å². The van der Waals surface area contributed by atoms with Gasteiger partial charge < -0.3 is 16.2 Å². The fourth-order valence-corrected chi connectivity index (χ4v) is 1.18. The molecule has 1 rings (SSSR count). The van der Waals surface area contributed by atoms with Crippen molar-refractivity contribution in [2.45, 2.75) is 0 Å². The Labute approximate surface area is 98.9 Å². The molecular formula is C9H12Cl2N2O2. The summed E-state index contributed by atoms with van der Waals surface area (Å²) < 4.78 is 5.21. The number of primary amides is 1. The molecule has 0 saturated carbocycles. The fraction of sp³-hybridized carbons (Fsp3) is 0.222. The predicted molar refractivity (Wildman–Crippen MR) is 61.8 cm³/mol. The molecule has 0 aliphatic heterocycles. The monoisotopic (exact) mass is 250 g/mol. The number of hydrogen-bond acceptors (Lipinski definition) is 3. The molecule has 0 heterocycles. The zero-order chi connectivity index (χ0) is 10.6. The number of carbonyl (C=O) groups excluding carboxylic acids is 1. The van der Waals surface area contributed by atoms with E-state index in [2.05, 4.69) is 0 Å². The highest BCUT2D eigenvalue weighted by Crippen LogP contribution is 2.25. The van der Waals surface area contributed by atoms with E-state index < -0.39 is 5.91 Å². The summed E-state index contributed by atoms with van der Waals surface area (Å²) in [5.41, 5.74) is 10.7. The molecular weight excluding hydrogens is 239 g/mol. The topological polar surface area (TPSA) is 78.3 Å². The van der Waals surface area contributed by atoms with Crippen LogP contribution in [-0.2, 0) is 0 Å². The maximum atomic E-state index is 10.8. The molecule has 1 amide bonds. The summed E-state index contributed by atoms with van der Waals surface area (Å²) in [6.07, 6.45) is 0. The van der Waals surface area contributed by atoms with Crippen LogP contribution >= 0.6 is 24.0 Å². The summed E-state index contributed by atoms with van der Waals surface area (Å²) in [5, 5.41) is 0.356. The third-order valence-corrected chi connectivity index (χ3v) is 1.89. The van der Waals surface area contributed by atoms with Gasteiger partial charge in [0.15, 0.2) is 0 Å². The van der Waals surface area contributed by atoms with Crippen molar-refractivity contribution in [3.8, 4) is 5.75 Å². The Kier molecular flexibility index (Phi) is 6.08. The normalized spacial score (nSPS) is 9.20. The first-order valence-corrected chi connectivity index (χ1v) is 4.45. The second-order valence-corrected chi connectivity index (χ2v) is 3.05. The van der Waals surface area contributed by atoms with Gasteiger partial charge in [-0.05, 0) is 18.2 Å². The van der Waals surface area contributed by atoms with Crippen LogP contribution in [0, 0.1) is 0 Å². The summed E-state index contributed by atoms with van der Waals surface area (Å²) in [4.78, 5) is 10.8. The summed E-state index contributed by atoms with van der Waals surface area (Å²) >= 11 is 5.84. The van der Waals surface area contributed by atoms with Gasteiger partial charge in [-0.15, -0.1) is 12.4 Å². The molecule has 4 nitrogen and oxygen atoms in total. The Bertz CT molecular complexity index is 345. The van der Waals surface area contributed by atoms with Gasteiger partial charge in [0.05, 0.1) is 5.02 Å². The van der Waals surface area contributed by atoms with Gasteiger partial charge in [-0.25, -0.2) is 0 Å². The molecule has 0 unspecified atom stereocenters. The Morgan fingerprint density at radius 1 is 1.47 bits per heavy atom. The molecule has 15 heavy (non-hydrogen) atoms. The maximum Gasteiger partial charge on any atom is 0.248 e. The highest BCUT2D eigenvalue weighted by atomic mass is 35.5. The van der Waals surface area contributed by atoms with Crippen molar-refractivity contribution in [2.24, 2.45) is 11.5 Å². The molecule has 6 heteroatoms. The van der Waals surface area contributed by atoms with E-state index in [-0.39, 0.29) is 12.4 Å². The lowest BCUT2D eigenvalue weighted by Gasteiger charge is -2.06. The van der Waals surface area contributed by atoms with Crippen LogP contribution in [0.1, 0.15) is 10.4 Å². The lowest BCUT2D eigenvalue weighted by molar-refractivity contribution is 0.100. The molecule has 4 N–H and O–H groups in total. The molecule has 0 saturated heterocycles. The van der Waals surface area contributed by atoms with Crippen molar-refractivity contribution in [2.75, 3.05) is 13.2 Å². The van der Waals surface area contributed by atoms with Crippen LogP contribution in [-0.4, -0.2) is 19.1 Å². The largest absolute Gasteiger partial charge is 0.491 e. The summed E-state index contributed by atoms with van der Waals surface area (Å²) in [7, 11) is 0. The minimum absolute atomic E-state index is 0. The van der Waals surface area contributed by atoms with Crippen molar-refractivity contribution in [3.05, 3.63) is 28.8 Å². The van der Waals surface area contributed by atoms with Gasteiger partial charge in [0, 0.05) is 12.1 Å². The van der Waals surface area contributed by atoms with E-state index in [1.165, 1.54) is 6.07 Å². The molecule has 0 fully saturated rings. The fourth-order valence-electron chi connectivity index (χ4n) is 0.940. The quantitative estimate of drug-likeness (QED) is 0.843. The Morgan fingerprint density at radius 3 is 2.60 bits per heavy atom. The van der Waals surface area contributed by atoms with Crippen molar-refractivity contribution in [1.29, 1.82) is 0 Å². The lowest BCUT2D eigenvalue weighted by Crippen LogP contribution is -2.12. The van der Waals surface area contributed by atoms with Crippen LogP contribution in [0.3, 0.4) is 0 Å². The van der Waals surface area contributed by atoms with Crippen LogP contribution < -0.4 is 16.2 Å². The first kappa shape index (κ1) is 14.0. The van der Waals surface area contributed by atoms with Crippen molar-refractivity contribution < 1.29 is 9.53 Å². The highest BCUT2D eigenvalue weighted by molar-refractivity contribution is 6.32. The molecule has 0 atom stereocenters. The first-order chi connectivity index (χ1) is 6.65. The van der Waals surface area contributed by atoms with Crippen LogP contribution in [0.4, 0.5) is 0 Å². The standard InChI is InChI=1S/C9H11ClN2O2.ClH/c10-7-5-6(9(12)13)1-2-8(7)14-4-3-11;/h1-2,5H,3-4,11H2,(H2,12,13);1H. The molecule has 0 radical (unpaired) electrons. The van der Waals surface area contributed by atoms with Gasteiger partial charge in [-0.2, -0.15) is 0 Å². The Hall–Kier alpha value is -0.970. The smallest absolute Gasteiger partial charge is 0.248 e. The Balaban J connectivity index is 0.00000196. The number of benzene rings is 1. The van der Waals surface area contributed by atoms with E-state index in [0.717, 1.165) is 0 Å². The lowest BCUT2D eigenvalue weighted by atomic mass is 10.2. The number of nitrogens with two attached hydrogens (primary N) is 2. The van der Waals surface area contributed by atoms with Crippen molar-refractivity contribution in [1.82, 2.24) is 0 Å². The average Bonchev–Trinajstić information content (AvgIpc) is 2.15. The number of ether oxygens (including phenoxy) is 1. The number of carbonyl (C=O) groups is 1. The van der Waals surface area contributed by atoms with Crippen molar-refractivity contribution in [3.63, 3.8) is 0 Å². The molecule has 0 aliphatic carbocycles. The zero-order valence-corrected chi connectivity index (χ0v) is 9.48. The van der Waals surface area contributed by atoms with Crippen LogP contribution in [0.5, 0.6) is 5.75 Å². The number of amides is 1. The van der Waals surface area contributed by atoms with Crippen LogP contribution in [0.15, 0.2) is 18.2 Å². The number of halogens is 2. The second-order valence-electron chi connectivity index (χ2n) is 2.65. The minimum Gasteiger partial charge on any atom is -0.491 e. The summed E-state index contributed by atoms with van der Waals surface area (Å²) in [5.74, 6) is -0.0145. The van der Waals surface area contributed by atoms with E-state index in [9.17, 15) is 4.79 Å². The third-order valence-electron chi connectivity index (χ3n) is 1.59. The van der Waals surface area contributed by atoms with Crippen molar-refractivity contribution >= 4 is 29.9 Å². The molecule has 0 aliphatic rings. The van der Waals surface area contributed by atoms with Crippen LogP contribution in [0.25, 0.3) is 0 Å². The Morgan fingerprint density at radius 2 is 2.13 bits per heavy atom. The molecule has 0 aromatic heterocycles. The maximum absolute atomic E-state index is 10.8. The highest BCUT2D eigenvalue weighted by Gasteiger charge is 2.05. The molecule has 1 aromatic carbocycles. The van der Waals surface area contributed by atoms with E-state index in [0.29, 0.717) is 29.5 Å². The summed E-state index contributed by atoms with van der Waals surface area (Å²) in [6, 6.07) is 4.62. The zero-order valence-electron chi connectivity index (χ0n) is 7.90. The molecule has 0 spiro atoms. The van der Waals surface area contributed by atoms with E-state index in [4.69, 9.17) is 27.8 Å². The number of rotatable bonds is 4. The predicted octanol–water partition coefficient (Wildman–Crippen LogP) is 1.20. The average molecular weight is 251 g/mol. The van der Waals surface area contributed by atoms with Gasteiger partial charge >= 0.3 is 0 Å². The van der Waals surface area contributed by atoms with E-state index in [1.54, 1.807) is 12.1 Å². The van der Waals surface area contributed by atoms with E-state index >= 15 is 0 Å².